The van der Waals surface area contributed by atoms with Crippen LogP contribution in [0.25, 0.3) is 11.3 Å². The predicted octanol–water partition coefficient (Wildman–Crippen LogP) is 4.23. The van der Waals surface area contributed by atoms with Gasteiger partial charge < -0.3 is 0 Å². The normalized spacial score (nSPS) is 11.6. The van der Waals surface area contributed by atoms with Crippen LogP contribution in [0.2, 0.25) is 0 Å². The van der Waals surface area contributed by atoms with Crippen LogP contribution in [-0.4, -0.2) is 13.4 Å². The number of nitrogens with zero attached hydrogens (tertiary/aromatic N) is 1. The molecule has 2 aromatic carbocycles. The average Bonchev–Trinajstić information content (AvgIpc) is 3.01. The zero-order chi connectivity index (χ0) is 16.4. The van der Waals surface area contributed by atoms with Crippen molar-refractivity contribution in [1.82, 2.24) is 4.98 Å². The zero-order valence-electron chi connectivity index (χ0n) is 12.4. The molecule has 1 heterocycles. The number of hydrogen-bond donors (Lipinski definition) is 0. The predicted molar refractivity (Wildman–Crippen MR) is 89.6 cm³/mol. The van der Waals surface area contributed by atoms with Gasteiger partial charge >= 0.3 is 0 Å². The van der Waals surface area contributed by atoms with Crippen molar-refractivity contribution in [3.63, 3.8) is 0 Å². The minimum Gasteiger partial charge on any atom is -0.225 e. The fraction of sp³-hybridized carbons (Fsp3) is 0.118. The molecule has 118 valence electrons. The first-order chi connectivity index (χ1) is 10.9. The molecule has 3 nitrogen and oxygen atoms in total. The number of benzene rings is 2. The topological polar surface area (TPSA) is 47.0 Å². The second kappa shape index (κ2) is 6.22. The van der Waals surface area contributed by atoms with E-state index in [9.17, 15) is 12.8 Å². The van der Waals surface area contributed by atoms with Gasteiger partial charge in [-0.2, -0.15) is 0 Å². The third-order valence-corrected chi connectivity index (χ3v) is 6.39. The maximum atomic E-state index is 13.0. The summed E-state index contributed by atoms with van der Waals surface area (Å²) in [6.45, 7) is 1.95. The van der Waals surface area contributed by atoms with E-state index in [2.05, 4.69) is 4.98 Å². The molecule has 0 spiro atoms. The fourth-order valence-electron chi connectivity index (χ4n) is 2.12. The van der Waals surface area contributed by atoms with Crippen molar-refractivity contribution in [3.05, 3.63) is 70.9 Å². The van der Waals surface area contributed by atoms with Crippen LogP contribution in [-0.2, 0) is 15.6 Å². The number of aryl methyl sites for hydroxylation is 1. The fourth-order valence-corrected chi connectivity index (χ4v) is 4.57. The van der Waals surface area contributed by atoms with E-state index in [-0.39, 0.29) is 15.9 Å². The van der Waals surface area contributed by atoms with Crippen LogP contribution >= 0.6 is 11.3 Å². The van der Waals surface area contributed by atoms with Crippen molar-refractivity contribution < 1.29 is 12.8 Å². The molecule has 1 aromatic heterocycles. The molecule has 23 heavy (non-hydrogen) atoms. The van der Waals surface area contributed by atoms with Gasteiger partial charge in [-0.05, 0) is 36.8 Å². The largest absolute Gasteiger partial charge is 0.225 e. The molecule has 3 aromatic rings. The van der Waals surface area contributed by atoms with Gasteiger partial charge in [0.25, 0.3) is 0 Å². The lowest BCUT2D eigenvalue weighted by atomic mass is 10.2. The molecule has 0 unspecified atom stereocenters. The summed E-state index contributed by atoms with van der Waals surface area (Å²) in [5.41, 5.74) is 3.05. The number of sulfone groups is 1. The van der Waals surface area contributed by atoms with Crippen molar-refractivity contribution >= 4 is 21.2 Å². The molecule has 3 rings (SSSR count). The number of thiazole rings is 1. The molecule has 0 fully saturated rings. The third kappa shape index (κ3) is 3.65. The van der Waals surface area contributed by atoms with Crippen molar-refractivity contribution in [2.75, 3.05) is 0 Å². The van der Waals surface area contributed by atoms with E-state index in [1.807, 2.05) is 19.1 Å². The summed E-state index contributed by atoms with van der Waals surface area (Å²) in [5.74, 6) is -0.417. The zero-order valence-corrected chi connectivity index (χ0v) is 14.0. The first-order valence-corrected chi connectivity index (χ1v) is 9.47. The van der Waals surface area contributed by atoms with Gasteiger partial charge in [0.1, 0.15) is 5.82 Å². The first-order valence-electron chi connectivity index (χ1n) is 6.94. The Morgan fingerprint density at radius 2 is 1.70 bits per heavy atom. The number of aromatic nitrogens is 1. The molecular formula is C17H14FNO2S2. The Morgan fingerprint density at radius 1 is 1.04 bits per heavy atom. The maximum absolute atomic E-state index is 13.0. The molecule has 6 heteroatoms. The van der Waals surface area contributed by atoms with Crippen LogP contribution in [0.1, 0.15) is 11.1 Å². The maximum Gasteiger partial charge on any atom is 0.210 e. The van der Waals surface area contributed by atoms with Gasteiger partial charge in [0.2, 0.25) is 14.2 Å². The van der Waals surface area contributed by atoms with Gasteiger partial charge in [0.15, 0.2) is 0 Å². The highest BCUT2D eigenvalue weighted by Gasteiger charge is 2.20. The summed E-state index contributed by atoms with van der Waals surface area (Å²) >= 11 is 1.09. The lowest BCUT2D eigenvalue weighted by Gasteiger charge is -2.02. The van der Waals surface area contributed by atoms with E-state index < -0.39 is 9.84 Å². The molecule has 0 saturated heterocycles. The van der Waals surface area contributed by atoms with E-state index in [4.69, 9.17) is 0 Å². The quantitative estimate of drug-likeness (QED) is 0.709. The van der Waals surface area contributed by atoms with Gasteiger partial charge in [-0.1, -0.05) is 29.8 Å². The van der Waals surface area contributed by atoms with Crippen LogP contribution in [0, 0.1) is 12.7 Å². The molecule has 0 saturated carbocycles. The van der Waals surface area contributed by atoms with E-state index in [0.717, 1.165) is 22.5 Å². The van der Waals surface area contributed by atoms with Crippen LogP contribution in [0.5, 0.6) is 0 Å². The smallest absolute Gasteiger partial charge is 0.210 e. The summed E-state index contributed by atoms with van der Waals surface area (Å²) in [4.78, 5) is 4.20. The molecule has 0 atom stereocenters. The highest BCUT2D eigenvalue weighted by molar-refractivity contribution is 7.92. The lowest BCUT2D eigenvalue weighted by molar-refractivity contribution is 0.594. The molecule has 0 aliphatic rings. The molecule has 0 bridgehead atoms. The minimum atomic E-state index is -3.49. The second-order valence-electron chi connectivity index (χ2n) is 5.25. The summed E-state index contributed by atoms with van der Waals surface area (Å²) in [6.07, 6.45) is 0. The van der Waals surface area contributed by atoms with E-state index in [0.29, 0.717) is 11.3 Å². The highest BCUT2D eigenvalue weighted by atomic mass is 32.2. The highest BCUT2D eigenvalue weighted by Crippen LogP contribution is 2.26. The standard InChI is InChI=1S/C17H14FNO2S2/c1-12-2-4-13(5-3-12)11-23(20,21)17-19-16(10-22-17)14-6-8-15(18)9-7-14/h2-10H,11H2,1H3. The van der Waals surface area contributed by atoms with Crippen LogP contribution in [0.4, 0.5) is 4.39 Å². The Morgan fingerprint density at radius 3 is 2.35 bits per heavy atom. The van der Waals surface area contributed by atoms with Crippen LogP contribution < -0.4 is 0 Å². The number of halogens is 1. The molecular weight excluding hydrogens is 333 g/mol. The van der Waals surface area contributed by atoms with Gasteiger partial charge in [0, 0.05) is 10.9 Å². The van der Waals surface area contributed by atoms with Gasteiger partial charge in [-0.15, -0.1) is 11.3 Å². The van der Waals surface area contributed by atoms with Crippen molar-refractivity contribution in [1.29, 1.82) is 0 Å². The Labute approximate surface area is 138 Å². The van der Waals surface area contributed by atoms with E-state index >= 15 is 0 Å². The summed E-state index contributed by atoms with van der Waals surface area (Å²) < 4.78 is 38.0. The number of hydrogen-bond acceptors (Lipinski definition) is 4. The minimum absolute atomic E-state index is 0.0797. The first kappa shape index (κ1) is 15.8. The summed E-state index contributed by atoms with van der Waals surface area (Å²) in [6, 6.07) is 13.2. The Bertz CT molecular complexity index is 914. The molecule has 0 amide bonds. The van der Waals surface area contributed by atoms with Crippen molar-refractivity contribution in [3.8, 4) is 11.3 Å². The van der Waals surface area contributed by atoms with Gasteiger partial charge in [-0.3, -0.25) is 0 Å². The number of rotatable bonds is 4. The Balaban J connectivity index is 1.86. The second-order valence-corrected chi connectivity index (χ2v) is 8.27. The summed E-state index contributed by atoms with van der Waals surface area (Å²) in [5, 5.41) is 1.68. The van der Waals surface area contributed by atoms with E-state index in [1.54, 1.807) is 29.6 Å². The SMILES string of the molecule is Cc1ccc(CS(=O)(=O)c2nc(-c3ccc(F)cc3)cs2)cc1. The summed E-state index contributed by atoms with van der Waals surface area (Å²) in [7, 11) is -3.49. The molecule has 0 radical (unpaired) electrons. The van der Waals surface area contributed by atoms with E-state index in [1.165, 1.54) is 12.1 Å². The Hall–Kier alpha value is -2.05. The average molecular weight is 347 g/mol. The third-order valence-electron chi connectivity index (χ3n) is 3.37. The van der Waals surface area contributed by atoms with Gasteiger partial charge in [0.05, 0.1) is 11.4 Å². The Kier molecular flexibility index (Phi) is 4.28. The molecule has 0 N–H and O–H groups in total. The lowest BCUT2D eigenvalue weighted by Crippen LogP contribution is -2.04. The monoisotopic (exact) mass is 347 g/mol. The van der Waals surface area contributed by atoms with Crippen molar-refractivity contribution in [2.24, 2.45) is 0 Å². The van der Waals surface area contributed by atoms with Crippen LogP contribution in [0.3, 0.4) is 0 Å². The molecule has 0 aliphatic heterocycles. The molecule has 0 aliphatic carbocycles. The van der Waals surface area contributed by atoms with Gasteiger partial charge in [-0.25, -0.2) is 17.8 Å². The van der Waals surface area contributed by atoms with Crippen LogP contribution in [0.15, 0.2) is 58.3 Å². The van der Waals surface area contributed by atoms with Crippen molar-refractivity contribution in [2.45, 2.75) is 17.0 Å².